The number of aryl methyl sites for hydroxylation is 1. The Kier molecular flexibility index (Phi) is 5.03. The predicted octanol–water partition coefficient (Wildman–Crippen LogP) is 3.01. The molecule has 4 aromatic rings. The molecule has 2 heterocycles. The first-order valence-corrected chi connectivity index (χ1v) is 9.17. The maximum absolute atomic E-state index is 12.1. The van der Waals surface area contributed by atoms with E-state index < -0.39 is 0 Å². The summed E-state index contributed by atoms with van der Waals surface area (Å²) < 4.78 is 7.06. The maximum Gasteiger partial charge on any atom is 0.246 e. The molecule has 0 fully saturated rings. The highest BCUT2D eigenvalue weighted by molar-refractivity contribution is 6.30. The number of hydrogen-bond donors (Lipinski definition) is 1. The van der Waals surface area contributed by atoms with Gasteiger partial charge in [-0.3, -0.25) is 4.79 Å². The van der Waals surface area contributed by atoms with Crippen LogP contribution in [0.15, 0.2) is 47.0 Å². The van der Waals surface area contributed by atoms with Crippen LogP contribution in [0, 0.1) is 0 Å². The lowest BCUT2D eigenvalue weighted by atomic mass is 10.1. The number of aromatic nitrogens is 5. The van der Waals surface area contributed by atoms with Gasteiger partial charge in [0.15, 0.2) is 0 Å². The molecule has 0 aliphatic rings. The van der Waals surface area contributed by atoms with Crippen LogP contribution in [0.5, 0.6) is 0 Å². The van der Waals surface area contributed by atoms with Gasteiger partial charge in [-0.1, -0.05) is 34.1 Å². The molecule has 0 aliphatic carbocycles. The van der Waals surface area contributed by atoms with E-state index in [0.29, 0.717) is 16.7 Å². The Morgan fingerprint density at radius 3 is 2.82 bits per heavy atom. The van der Waals surface area contributed by atoms with Gasteiger partial charge in [0.05, 0.1) is 18.5 Å². The lowest BCUT2D eigenvalue weighted by Gasteiger charge is -2.02. The molecule has 0 unspecified atom stereocenters. The third-order valence-electron chi connectivity index (χ3n) is 4.25. The van der Waals surface area contributed by atoms with Crippen molar-refractivity contribution >= 4 is 28.5 Å². The fraction of sp³-hybridized carbons (Fsp3) is 0.211. The topological polar surface area (TPSA) is 98.7 Å². The van der Waals surface area contributed by atoms with Crippen molar-refractivity contribution in [2.24, 2.45) is 0 Å². The van der Waals surface area contributed by atoms with Crippen molar-refractivity contribution < 1.29 is 9.32 Å². The second kappa shape index (κ2) is 7.77. The fourth-order valence-corrected chi connectivity index (χ4v) is 2.94. The zero-order valence-electron chi connectivity index (χ0n) is 15.1. The van der Waals surface area contributed by atoms with Crippen molar-refractivity contribution in [3.8, 4) is 11.4 Å². The Labute approximate surface area is 165 Å². The van der Waals surface area contributed by atoms with Gasteiger partial charge in [-0.05, 0) is 42.8 Å². The number of rotatable bonds is 6. The molecule has 0 atom stereocenters. The standard InChI is InChI=1S/C19H17ClN6O2/c1-2-26-16-8-5-13(10-15(16)23-25-26)19-22-18(28-24-19)11-21-17(27)9-12-3-6-14(20)7-4-12/h3-8,10H,2,9,11H2,1H3,(H,21,27). The largest absolute Gasteiger partial charge is 0.347 e. The average Bonchev–Trinajstić information content (AvgIpc) is 3.34. The van der Waals surface area contributed by atoms with E-state index in [-0.39, 0.29) is 18.9 Å². The normalized spacial score (nSPS) is 11.1. The molecule has 2 aromatic carbocycles. The molecule has 0 saturated heterocycles. The molecular formula is C19H17ClN6O2. The van der Waals surface area contributed by atoms with E-state index in [1.54, 1.807) is 12.1 Å². The summed E-state index contributed by atoms with van der Waals surface area (Å²) in [6.07, 6.45) is 0.252. The summed E-state index contributed by atoms with van der Waals surface area (Å²) in [5, 5.41) is 15.6. The van der Waals surface area contributed by atoms with Crippen molar-refractivity contribution in [1.29, 1.82) is 0 Å². The summed E-state index contributed by atoms with van der Waals surface area (Å²) in [5.41, 5.74) is 3.37. The van der Waals surface area contributed by atoms with Crippen LogP contribution in [0.3, 0.4) is 0 Å². The van der Waals surface area contributed by atoms with Crippen molar-refractivity contribution in [2.75, 3.05) is 0 Å². The van der Waals surface area contributed by atoms with Crippen LogP contribution in [-0.2, 0) is 24.3 Å². The SMILES string of the molecule is CCn1nnc2cc(-c3noc(CNC(=O)Cc4ccc(Cl)cc4)n3)ccc21. The highest BCUT2D eigenvalue weighted by Gasteiger charge is 2.12. The van der Waals surface area contributed by atoms with Crippen LogP contribution in [0.2, 0.25) is 5.02 Å². The second-order valence-corrected chi connectivity index (χ2v) is 6.64. The summed E-state index contributed by atoms with van der Waals surface area (Å²) in [6, 6.07) is 12.8. The van der Waals surface area contributed by atoms with E-state index in [2.05, 4.69) is 25.8 Å². The highest BCUT2D eigenvalue weighted by Crippen LogP contribution is 2.21. The van der Waals surface area contributed by atoms with Crippen molar-refractivity contribution in [3.05, 3.63) is 58.9 Å². The van der Waals surface area contributed by atoms with Gasteiger partial charge in [0.25, 0.3) is 0 Å². The summed E-state index contributed by atoms with van der Waals surface area (Å²) in [5.74, 6) is 0.631. The molecule has 0 aliphatic heterocycles. The molecule has 0 radical (unpaired) electrons. The number of carbonyl (C=O) groups excluding carboxylic acids is 1. The third kappa shape index (κ3) is 3.86. The van der Waals surface area contributed by atoms with Crippen LogP contribution < -0.4 is 5.32 Å². The molecule has 28 heavy (non-hydrogen) atoms. The molecule has 142 valence electrons. The van der Waals surface area contributed by atoms with E-state index in [1.165, 1.54) is 0 Å². The number of hydrogen-bond acceptors (Lipinski definition) is 6. The third-order valence-corrected chi connectivity index (χ3v) is 4.51. The molecular weight excluding hydrogens is 380 g/mol. The Bertz CT molecular complexity index is 1120. The number of nitrogens with zero attached hydrogens (tertiary/aromatic N) is 5. The van der Waals surface area contributed by atoms with Crippen molar-refractivity contribution in [3.63, 3.8) is 0 Å². The van der Waals surface area contributed by atoms with Gasteiger partial charge >= 0.3 is 0 Å². The second-order valence-electron chi connectivity index (χ2n) is 6.20. The summed E-state index contributed by atoms with van der Waals surface area (Å²) >= 11 is 5.85. The molecule has 8 nitrogen and oxygen atoms in total. The Morgan fingerprint density at radius 1 is 1.21 bits per heavy atom. The average molecular weight is 397 g/mol. The van der Waals surface area contributed by atoms with Gasteiger partial charge in [-0.2, -0.15) is 4.98 Å². The smallest absolute Gasteiger partial charge is 0.246 e. The molecule has 1 amide bonds. The zero-order chi connectivity index (χ0) is 19.5. The van der Waals surface area contributed by atoms with Gasteiger partial charge in [0, 0.05) is 17.1 Å². The van der Waals surface area contributed by atoms with Gasteiger partial charge in [0.2, 0.25) is 17.6 Å². The zero-order valence-corrected chi connectivity index (χ0v) is 15.8. The number of halogens is 1. The Balaban J connectivity index is 1.40. The van der Waals surface area contributed by atoms with Gasteiger partial charge in [-0.25, -0.2) is 4.68 Å². The number of fused-ring (bicyclic) bond motifs is 1. The minimum Gasteiger partial charge on any atom is -0.347 e. The molecule has 0 bridgehead atoms. The summed E-state index contributed by atoms with van der Waals surface area (Å²) in [6.45, 7) is 2.92. The predicted molar refractivity (Wildman–Crippen MR) is 103 cm³/mol. The first-order valence-electron chi connectivity index (χ1n) is 8.79. The van der Waals surface area contributed by atoms with Gasteiger partial charge in [0.1, 0.15) is 5.52 Å². The summed E-state index contributed by atoms with van der Waals surface area (Å²) in [4.78, 5) is 16.4. The fourth-order valence-electron chi connectivity index (χ4n) is 2.81. The van der Waals surface area contributed by atoms with Gasteiger partial charge in [-0.15, -0.1) is 5.10 Å². The maximum atomic E-state index is 12.1. The quantitative estimate of drug-likeness (QED) is 0.538. The summed E-state index contributed by atoms with van der Waals surface area (Å²) in [7, 11) is 0. The Hall–Kier alpha value is -3.26. The number of nitrogens with one attached hydrogen (secondary N) is 1. The van der Waals surface area contributed by atoms with E-state index in [4.69, 9.17) is 16.1 Å². The van der Waals surface area contributed by atoms with Crippen LogP contribution in [0.4, 0.5) is 0 Å². The minimum absolute atomic E-state index is 0.139. The van der Waals surface area contributed by atoms with E-state index in [1.807, 2.05) is 41.9 Å². The van der Waals surface area contributed by atoms with Crippen molar-refractivity contribution in [2.45, 2.75) is 26.4 Å². The van der Waals surface area contributed by atoms with E-state index in [9.17, 15) is 4.79 Å². The van der Waals surface area contributed by atoms with Gasteiger partial charge < -0.3 is 9.84 Å². The van der Waals surface area contributed by atoms with Crippen molar-refractivity contribution in [1.82, 2.24) is 30.5 Å². The molecule has 0 spiro atoms. The Morgan fingerprint density at radius 2 is 2.04 bits per heavy atom. The first-order chi connectivity index (χ1) is 13.6. The number of amides is 1. The highest BCUT2D eigenvalue weighted by atomic mass is 35.5. The van der Waals surface area contributed by atoms with Crippen LogP contribution in [-0.4, -0.2) is 31.0 Å². The van der Waals surface area contributed by atoms with Crippen LogP contribution in [0.1, 0.15) is 18.4 Å². The minimum atomic E-state index is -0.139. The molecule has 2 aromatic heterocycles. The van der Waals surface area contributed by atoms with E-state index in [0.717, 1.165) is 28.7 Å². The molecule has 1 N–H and O–H groups in total. The molecule has 9 heteroatoms. The number of carbonyl (C=O) groups is 1. The first kappa shape index (κ1) is 18.1. The van der Waals surface area contributed by atoms with Crippen LogP contribution in [0.25, 0.3) is 22.4 Å². The monoisotopic (exact) mass is 396 g/mol. The lowest BCUT2D eigenvalue weighted by Crippen LogP contribution is -2.24. The number of benzene rings is 2. The molecule has 4 rings (SSSR count). The molecule has 0 saturated carbocycles. The van der Waals surface area contributed by atoms with E-state index >= 15 is 0 Å². The lowest BCUT2D eigenvalue weighted by molar-refractivity contribution is -0.120. The van der Waals surface area contributed by atoms with Crippen LogP contribution >= 0.6 is 11.6 Å².